The van der Waals surface area contributed by atoms with Crippen molar-refractivity contribution < 1.29 is 14.6 Å². The highest BCUT2D eigenvalue weighted by atomic mass is 16.5. The van der Waals surface area contributed by atoms with Crippen LogP contribution < -0.4 is 4.90 Å². The van der Waals surface area contributed by atoms with Gasteiger partial charge in [0.1, 0.15) is 5.75 Å². The third-order valence-electron chi connectivity index (χ3n) is 4.76. The van der Waals surface area contributed by atoms with E-state index in [1.165, 1.54) is 5.69 Å². The van der Waals surface area contributed by atoms with E-state index in [1.54, 1.807) is 17.0 Å². The maximum atomic E-state index is 12.4. The number of ether oxygens (including phenoxy) is 1. The standard InChI is InChI=1S/C21H26N2O3/c1-22(21(25)11-8-18-4-2-3-5-20(18)24)16-17-6-9-19(10-7-17)23-12-14-26-15-13-23/h2-7,9-10,24H,8,11-16H2,1H3. The van der Waals surface area contributed by atoms with E-state index in [2.05, 4.69) is 29.2 Å². The van der Waals surface area contributed by atoms with Crippen LogP contribution >= 0.6 is 0 Å². The smallest absolute Gasteiger partial charge is 0.222 e. The number of aromatic hydroxyl groups is 1. The Labute approximate surface area is 154 Å². The molecule has 0 radical (unpaired) electrons. The van der Waals surface area contributed by atoms with Crippen molar-refractivity contribution in [1.29, 1.82) is 0 Å². The Morgan fingerprint density at radius 1 is 1.12 bits per heavy atom. The highest BCUT2D eigenvalue weighted by Crippen LogP contribution is 2.19. The minimum atomic E-state index is 0.0745. The van der Waals surface area contributed by atoms with Gasteiger partial charge in [-0.25, -0.2) is 0 Å². The number of phenolic OH excluding ortho intramolecular Hbond substituents is 1. The van der Waals surface area contributed by atoms with Gasteiger partial charge in [-0.2, -0.15) is 0 Å². The van der Waals surface area contributed by atoms with E-state index in [0.29, 0.717) is 19.4 Å². The summed E-state index contributed by atoms with van der Waals surface area (Å²) in [5.41, 5.74) is 3.12. The minimum absolute atomic E-state index is 0.0745. The summed E-state index contributed by atoms with van der Waals surface area (Å²) in [5.74, 6) is 0.326. The number of amides is 1. The first-order valence-electron chi connectivity index (χ1n) is 9.06. The van der Waals surface area contributed by atoms with Gasteiger partial charge in [-0.05, 0) is 35.7 Å². The van der Waals surface area contributed by atoms with Crippen molar-refractivity contribution in [3.8, 4) is 5.75 Å². The van der Waals surface area contributed by atoms with Gasteiger partial charge in [0.05, 0.1) is 13.2 Å². The summed E-state index contributed by atoms with van der Waals surface area (Å²) in [4.78, 5) is 16.4. The number of benzene rings is 2. The van der Waals surface area contributed by atoms with Crippen LogP contribution in [0.5, 0.6) is 5.75 Å². The van der Waals surface area contributed by atoms with Crippen LogP contribution in [0.2, 0.25) is 0 Å². The maximum Gasteiger partial charge on any atom is 0.222 e. The molecule has 1 aliphatic rings. The van der Waals surface area contributed by atoms with Crippen LogP contribution in [-0.2, 0) is 22.5 Å². The van der Waals surface area contributed by atoms with Gasteiger partial charge in [0.2, 0.25) is 5.91 Å². The number of nitrogens with zero attached hydrogens (tertiary/aromatic N) is 2. The Morgan fingerprint density at radius 2 is 1.81 bits per heavy atom. The molecule has 0 spiro atoms. The first kappa shape index (κ1) is 18.3. The van der Waals surface area contributed by atoms with E-state index < -0.39 is 0 Å². The molecule has 1 N–H and O–H groups in total. The number of carbonyl (C=O) groups is 1. The number of hydrogen-bond donors (Lipinski definition) is 1. The Morgan fingerprint density at radius 3 is 2.50 bits per heavy atom. The average molecular weight is 354 g/mol. The molecular weight excluding hydrogens is 328 g/mol. The summed E-state index contributed by atoms with van der Waals surface area (Å²) in [6.07, 6.45) is 0.936. The Kier molecular flexibility index (Phi) is 6.12. The molecule has 26 heavy (non-hydrogen) atoms. The molecule has 1 amide bonds. The third kappa shape index (κ3) is 4.76. The molecule has 0 bridgehead atoms. The normalized spacial score (nSPS) is 14.3. The lowest BCUT2D eigenvalue weighted by molar-refractivity contribution is -0.130. The first-order chi connectivity index (χ1) is 12.6. The fourth-order valence-electron chi connectivity index (χ4n) is 3.15. The molecule has 1 saturated heterocycles. The molecular formula is C21H26N2O3. The maximum absolute atomic E-state index is 12.4. The predicted molar refractivity (Wildman–Crippen MR) is 102 cm³/mol. The number of carbonyl (C=O) groups excluding carboxylic acids is 1. The zero-order valence-electron chi connectivity index (χ0n) is 15.2. The lowest BCUT2D eigenvalue weighted by atomic mass is 10.1. The number of para-hydroxylation sites is 1. The van der Waals surface area contributed by atoms with Crippen LogP contribution in [-0.4, -0.2) is 49.3 Å². The summed E-state index contributed by atoms with van der Waals surface area (Å²) >= 11 is 0. The molecule has 1 fully saturated rings. The number of aryl methyl sites for hydroxylation is 1. The Bertz CT molecular complexity index is 724. The van der Waals surface area contributed by atoms with Gasteiger partial charge in [-0.3, -0.25) is 4.79 Å². The van der Waals surface area contributed by atoms with Crippen molar-refractivity contribution in [2.75, 3.05) is 38.3 Å². The predicted octanol–water partition coefficient (Wildman–Crippen LogP) is 2.82. The number of anilines is 1. The van der Waals surface area contributed by atoms with Crippen molar-refractivity contribution in [2.24, 2.45) is 0 Å². The number of rotatable bonds is 6. The van der Waals surface area contributed by atoms with Crippen LogP contribution in [0.1, 0.15) is 17.5 Å². The third-order valence-corrected chi connectivity index (χ3v) is 4.76. The SMILES string of the molecule is CN(Cc1ccc(N2CCOCC2)cc1)C(=O)CCc1ccccc1O. The van der Waals surface area contributed by atoms with Crippen LogP contribution in [0.4, 0.5) is 5.69 Å². The van der Waals surface area contributed by atoms with Crippen LogP contribution in [0.25, 0.3) is 0 Å². The molecule has 138 valence electrons. The molecule has 1 heterocycles. The summed E-state index contributed by atoms with van der Waals surface area (Å²) in [5, 5.41) is 9.79. The van der Waals surface area contributed by atoms with Gasteiger partial charge in [-0.15, -0.1) is 0 Å². The zero-order valence-corrected chi connectivity index (χ0v) is 15.2. The van der Waals surface area contributed by atoms with E-state index in [4.69, 9.17) is 4.74 Å². The fraction of sp³-hybridized carbons (Fsp3) is 0.381. The van der Waals surface area contributed by atoms with Gasteiger partial charge in [-0.1, -0.05) is 30.3 Å². The number of phenols is 1. The van der Waals surface area contributed by atoms with E-state index in [1.807, 2.05) is 19.2 Å². The Balaban J connectivity index is 1.51. The molecule has 0 unspecified atom stereocenters. The molecule has 1 aliphatic heterocycles. The van der Waals surface area contributed by atoms with Crippen LogP contribution in [0.15, 0.2) is 48.5 Å². The van der Waals surface area contributed by atoms with Gasteiger partial charge in [0.15, 0.2) is 0 Å². The second-order valence-electron chi connectivity index (χ2n) is 6.64. The quantitative estimate of drug-likeness (QED) is 0.867. The average Bonchev–Trinajstić information content (AvgIpc) is 2.68. The summed E-state index contributed by atoms with van der Waals surface area (Å²) in [6, 6.07) is 15.6. The van der Waals surface area contributed by atoms with Crippen molar-refractivity contribution in [1.82, 2.24) is 4.90 Å². The highest BCUT2D eigenvalue weighted by Gasteiger charge is 2.13. The van der Waals surface area contributed by atoms with Crippen LogP contribution in [0, 0.1) is 0 Å². The largest absolute Gasteiger partial charge is 0.508 e. The van der Waals surface area contributed by atoms with E-state index in [-0.39, 0.29) is 11.7 Å². The van der Waals surface area contributed by atoms with Gasteiger partial charge < -0.3 is 19.6 Å². The number of hydrogen-bond acceptors (Lipinski definition) is 4. The molecule has 0 aliphatic carbocycles. The summed E-state index contributed by atoms with van der Waals surface area (Å²) in [6.45, 7) is 3.98. The second-order valence-corrected chi connectivity index (χ2v) is 6.64. The van der Waals surface area contributed by atoms with Crippen molar-refractivity contribution in [2.45, 2.75) is 19.4 Å². The molecule has 2 aromatic rings. The molecule has 0 atom stereocenters. The minimum Gasteiger partial charge on any atom is -0.508 e. The fourth-order valence-corrected chi connectivity index (χ4v) is 3.15. The molecule has 0 aromatic heterocycles. The number of morpholine rings is 1. The Hall–Kier alpha value is -2.53. The van der Waals surface area contributed by atoms with Gasteiger partial charge in [0, 0.05) is 38.8 Å². The molecule has 3 rings (SSSR count). The highest BCUT2D eigenvalue weighted by molar-refractivity contribution is 5.76. The lowest BCUT2D eigenvalue weighted by Gasteiger charge is -2.29. The summed E-state index contributed by atoms with van der Waals surface area (Å²) in [7, 11) is 1.82. The lowest BCUT2D eigenvalue weighted by Crippen LogP contribution is -2.36. The topological polar surface area (TPSA) is 53.0 Å². The van der Waals surface area contributed by atoms with Crippen molar-refractivity contribution >= 4 is 11.6 Å². The van der Waals surface area contributed by atoms with Crippen molar-refractivity contribution in [3.63, 3.8) is 0 Å². The molecule has 5 heteroatoms. The van der Waals surface area contributed by atoms with Gasteiger partial charge >= 0.3 is 0 Å². The van der Waals surface area contributed by atoms with Crippen molar-refractivity contribution in [3.05, 3.63) is 59.7 Å². The summed E-state index contributed by atoms with van der Waals surface area (Å²) < 4.78 is 5.38. The molecule has 5 nitrogen and oxygen atoms in total. The monoisotopic (exact) mass is 354 g/mol. The van der Waals surface area contributed by atoms with E-state index in [0.717, 1.165) is 37.4 Å². The molecule has 0 saturated carbocycles. The first-order valence-corrected chi connectivity index (χ1v) is 9.06. The second kappa shape index (κ2) is 8.72. The molecule has 2 aromatic carbocycles. The van der Waals surface area contributed by atoms with Gasteiger partial charge in [0.25, 0.3) is 0 Å². The van der Waals surface area contributed by atoms with Crippen LogP contribution in [0.3, 0.4) is 0 Å². The zero-order chi connectivity index (χ0) is 18.4. The van der Waals surface area contributed by atoms with E-state index >= 15 is 0 Å². The van der Waals surface area contributed by atoms with E-state index in [9.17, 15) is 9.90 Å².